The Labute approximate surface area is 108 Å². The average molecular weight is 303 g/mol. The first-order valence-corrected chi connectivity index (χ1v) is 6.26. The van der Waals surface area contributed by atoms with Crippen LogP contribution < -0.4 is 0 Å². The monoisotopic (exact) mass is 302 g/mol. The number of halogens is 1. The van der Waals surface area contributed by atoms with Crippen LogP contribution in [0.3, 0.4) is 0 Å². The lowest BCUT2D eigenvalue weighted by atomic mass is 10.2. The first-order chi connectivity index (χ1) is 8.10. The second-order valence-corrected chi connectivity index (χ2v) is 4.32. The normalized spacial score (nSPS) is 12.4. The molecule has 0 bridgehead atoms. The highest BCUT2D eigenvalue weighted by Gasteiger charge is 2.18. The largest absolute Gasteiger partial charge is 0.476 e. The molecule has 0 saturated heterocycles. The predicted octanol–water partition coefficient (Wildman–Crippen LogP) is 2.82. The molecule has 0 radical (unpaired) electrons. The first kappa shape index (κ1) is 14.1. The van der Waals surface area contributed by atoms with Crippen LogP contribution in [-0.4, -0.2) is 27.7 Å². The van der Waals surface area contributed by atoms with Crippen molar-refractivity contribution in [2.75, 3.05) is 6.61 Å². The fraction of sp³-hybridized carbons (Fsp3) is 0.545. The zero-order valence-corrected chi connectivity index (χ0v) is 11.4. The summed E-state index contributed by atoms with van der Waals surface area (Å²) >= 11 is 3.11. The number of carboxylic acids is 1. The molecule has 1 aromatic heterocycles. The maximum atomic E-state index is 11.0. The standard InChI is InChI=1S/C11H15BrN2O3/c1-3-5-8(17-4-2)10-13-6-7(12)9(14-10)11(15)16/h6,8H,3-5H2,1-2H3,(H,15,16). The van der Waals surface area contributed by atoms with E-state index in [9.17, 15) is 4.79 Å². The lowest BCUT2D eigenvalue weighted by molar-refractivity contribution is 0.0487. The number of hydrogen-bond donors (Lipinski definition) is 1. The predicted molar refractivity (Wildman–Crippen MR) is 66.0 cm³/mol. The van der Waals surface area contributed by atoms with Crippen molar-refractivity contribution in [3.63, 3.8) is 0 Å². The maximum absolute atomic E-state index is 11.0. The highest BCUT2D eigenvalue weighted by molar-refractivity contribution is 9.10. The minimum absolute atomic E-state index is 0.0317. The van der Waals surface area contributed by atoms with Crippen molar-refractivity contribution >= 4 is 21.9 Å². The topological polar surface area (TPSA) is 72.3 Å². The van der Waals surface area contributed by atoms with Crippen molar-refractivity contribution in [1.82, 2.24) is 9.97 Å². The molecule has 17 heavy (non-hydrogen) atoms. The Morgan fingerprint density at radius 3 is 2.82 bits per heavy atom. The van der Waals surface area contributed by atoms with Crippen molar-refractivity contribution in [3.05, 3.63) is 22.2 Å². The molecule has 0 fully saturated rings. The Morgan fingerprint density at radius 1 is 1.59 bits per heavy atom. The summed E-state index contributed by atoms with van der Waals surface area (Å²) in [5, 5.41) is 8.97. The molecule has 0 aliphatic heterocycles. The van der Waals surface area contributed by atoms with Gasteiger partial charge in [-0.25, -0.2) is 14.8 Å². The van der Waals surface area contributed by atoms with E-state index in [-0.39, 0.29) is 11.8 Å². The molecule has 6 heteroatoms. The van der Waals surface area contributed by atoms with Gasteiger partial charge in [0, 0.05) is 12.8 Å². The minimum Gasteiger partial charge on any atom is -0.476 e. The summed E-state index contributed by atoms with van der Waals surface area (Å²) in [5.41, 5.74) is -0.0317. The summed E-state index contributed by atoms with van der Waals surface area (Å²) in [7, 11) is 0. The van der Waals surface area contributed by atoms with Crippen LogP contribution in [0, 0.1) is 0 Å². The molecule has 1 N–H and O–H groups in total. The van der Waals surface area contributed by atoms with E-state index in [1.807, 2.05) is 13.8 Å². The Kier molecular flexibility index (Phi) is 5.50. The summed E-state index contributed by atoms with van der Waals surface area (Å²) in [5.74, 6) is -0.651. The van der Waals surface area contributed by atoms with E-state index < -0.39 is 5.97 Å². The SMILES string of the molecule is CCCC(OCC)c1ncc(Br)c(C(=O)O)n1. The molecule has 1 heterocycles. The fourth-order valence-electron chi connectivity index (χ4n) is 1.44. The zero-order valence-electron chi connectivity index (χ0n) is 9.81. The van der Waals surface area contributed by atoms with Crippen LogP contribution in [-0.2, 0) is 4.74 Å². The summed E-state index contributed by atoms with van der Waals surface area (Å²) in [6, 6.07) is 0. The van der Waals surface area contributed by atoms with Crippen LogP contribution >= 0.6 is 15.9 Å². The fourth-order valence-corrected chi connectivity index (χ4v) is 1.80. The molecule has 0 aliphatic carbocycles. The smallest absolute Gasteiger partial charge is 0.355 e. The number of carboxylic acid groups (broad SMARTS) is 1. The van der Waals surface area contributed by atoms with E-state index in [0.717, 1.165) is 12.8 Å². The van der Waals surface area contributed by atoms with Gasteiger partial charge in [0.15, 0.2) is 11.5 Å². The summed E-state index contributed by atoms with van der Waals surface area (Å²) in [6.45, 7) is 4.47. The first-order valence-electron chi connectivity index (χ1n) is 5.47. The van der Waals surface area contributed by atoms with Crippen LogP contribution in [0.15, 0.2) is 10.7 Å². The second kappa shape index (κ2) is 6.66. The third-order valence-electron chi connectivity index (χ3n) is 2.17. The molecule has 5 nitrogen and oxygen atoms in total. The van der Waals surface area contributed by atoms with E-state index in [1.54, 1.807) is 0 Å². The zero-order chi connectivity index (χ0) is 12.8. The van der Waals surface area contributed by atoms with Gasteiger partial charge in [-0.05, 0) is 29.3 Å². The van der Waals surface area contributed by atoms with Gasteiger partial charge < -0.3 is 9.84 Å². The van der Waals surface area contributed by atoms with Crippen molar-refractivity contribution < 1.29 is 14.6 Å². The van der Waals surface area contributed by atoms with Crippen molar-refractivity contribution in [3.8, 4) is 0 Å². The highest BCUT2D eigenvalue weighted by atomic mass is 79.9. The lowest BCUT2D eigenvalue weighted by Crippen LogP contribution is -2.12. The van der Waals surface area contributed by atoms with Crippen LogP contribution in [0.25, 0.3) is 0 Å². The maximum Gasteiger partial charge on any atom is 0.355 e. The number of ether oxygens (including phenoxy) is 1. The Balaban J connectivity index is 3.03. The van der Waals surface area contributed by atoms with E-state index in [4.69, 9.17) is 9.84 Å². The molecule has 0 aliphatic rings. The summed E-state index contributed by atoms with van der Waals surface area (Å²) in [4.78, 5) is 19.1. The molecule has 1 atom stereocenters. The van der Waals surface area contributed by atoms with Gasteiger partial charge in [-0.15, -0.1) is 0 Å². The van der Waals surface area contributed by atoms with Crippen LogP contribution in [0.5, 0.6) is 0 Å². The molecule has 1 unspecified atom stereocenters. The van der Waals surface area contributed by atoms with Crippen molar-refractivity contribution in [2.24, 2.45) is 0 Å². The molecule has 1 rings (SSSR count). The van der Waals surface area contributed by atoms with Gasteiger partial charge in [0.1, 0.15) is 6.10 Å². The summed E-state index contributed by atoms with van der Waals surface area (Å²) in [6.07, 6.45) is 2.91. The minimum atomic E-state index is -1.08. The molecule has 0 saturated carbocycles. The number of rotatable bonds is 6. The van der Waals surface area contributed by atoms with E-state index in [0.29, 0.717) is 16.9 Å². The lowest BCUT2D eigenvalue weighted by Gasteiger charge is -2.15. The molecular formula is C11H15BrN2O3. The third kappa shape index (κ3) is 3.74. The van der Waals surface area contributed by atoms with Gasteiger partial charge in [0.05, 0.1) is 4.47 Å². The van der Waals surface area contributed by atoms with Gasteiger partial charge in [0.2, 0.25) is 0 Å². The number of nitrogens with zero attached hydrogens (tertiary/aromatic N) is 2. The van der Waals surface area contributed by atoms with Crippen LogP contribution in [0.1, 0.15) is 49.1 Å². The Bertz CT molecular complexity index is 392. The van der Waals surface area contributed by atoms with Gasteiger partial charge in [-0.1, -0.05) is 13.3 Å². The molecule has 0 amide bonds. The van der Waals surface area contributed by atoms with Gasteiger partial charge in [-0.3, -0.25) is 0 Å². The van der Waals surface area contributed by atoms with Gasteiger partial charge >= 0.3 is 5.97 Å². The molecule has 0 spiro atoms. The third-order valence-corrected chi connectivity index (χ3v) is 2.75. The Hall–Kier alpha value is -1.01. The van der Waals surface area contributed by atoms with Gasteiger partial charge in [0.25, 0.3) is 0 Å². The van der Waals surface area contributed by atoms with E-state index >= 15 is 0 Å². The number of aromatic nitrogens is 2. The average Bonchev–Trinajstić information content (AvgIpc) is 2.29. The molecule has 1 aromatic rings. The summed E-state index contributed by atoms with van der Waals surface area (Å²) < 4.78 is 5.89. The second-order valence-electron chi connectivity index (χ2n) is 3.46. The molecule has 0 aromatic carbocycles. The van der Waals surface area contributed by atoms with Crippen LogP contribution in [0.4, 0.5) is 0 Å². The number of hydrogen-bond acceptors (Lipinski definition) is 4. The quantitative estimate of drug-likeness (QED) is 0.875. The molecule has 94 valence electrons. The Morgan fingerprint density at radius 2 is 2.29 bits per heavy atom. The molecular weight excluding hydrogens is 288 g/mol. The van der Waals surface area contributed by atoms with Crippen molar-refractivity contribution in [1.29, 1.82) is 0 Å². The number of aromatic carboxylic acids is 1. The van der Waals surface area contributed by atoms with Crippen molar-refractivity contribution in [2.45, 2.75) is 32.8 Å². The van der Waals surface area contributed by atoms with Gasteiger partial charge in [-0.2, -0.15) is 0 Å². The number of carbonyl (C=O) groups is 1. The van der Waals surface area contributed by atoms with E-state index in [2.05, 4.69) is 25.9 Å². The highest BCUT2D eigenvalue weighted by Crippen LogP contribution is 2.22. The van der Waals surface area contributed by atoms with E-state index in [1.165, 1.54) is 6.20 Å². The van der Waals surface area contributed by atoms with Crippen LogP contribution in [0.2, 0.25) is 0 Å².